The van der Waals surface area contributed by atoms with Crippen LogP contribution < -0.4 is 10.0 Å². The van der Waals surface area contributed by atoms with Crippen LogP contribution in [0.15, 0.2) is 71.9 Å². The molecule has 1 aliphatic rings. The van der Waals surface area contributed by atoms with Crippen LogP contribution in [0.4, 0.5) is 5.69 Å². The Labute approximate surface area is 218 Å². The minimum Gasteiger partial charge on any atom is -0.389 e. The lowest BCUT2D eigenvalue weighted by atomic mass is 9.82. The predicted octanol–water partition coefficient (Wildman–Crippen LogP) is 3.89. The quantitative estimate of drug-likeness (QED) is 0.414. The highest BCUT2D eigenvalue weighted by molar-refractivity contribution is 7.89. The monoisotopic (exact) mass is 522 g/mol. The van der Waals surface area contributed by atoms with Crippen LogP contribution >= 0.6 is 0 Å². The highest BCUT2D eigenvalue weighted by Gasteiger charge is 2.43. The Hall–Kier alpha value is -3.27. The van der Waals surface area contributed by atoms with E-state index < -0.39 is 27.7 Å². The maximum atomic E-state index is 13.4. The normalized spacial score (nSPS) is 18.5. The van der Waals surface area contributed by atoms with Crippen molar-refractivity contribution in [3.8, 4) is 0 Å². The summed E-state index contributed by atoms with van der Waals surface area (Å²) in [4.78, 5) is 19.3. The number of fused-ring (bicyclic) bond motifs is 1. The fraction of sp³-hybridized carbons (Fsp3) is 0.357. The summed E-state index contributed by atoms with van der Waals surface area (Å²) in [6.07, 6.45) is 3.09. The molecule has 0 aliphatic carbocycles. The van der Waals surface area contributed by atoms with Crippen molar-refractivity contribution in [3.05, 3.63) is 89.2 Å². The molecule has 1 aromatic heterocycles. The first kappa shape index (κ1) is 26.8. The van der Waals surface area contributed by atoms with Crippen molar-refractivity contribution in [2.24, 2.45) is 0 Å². The molecule has 0 saturated heterocycles. The van der Waals surface area contributed by atoms with E-state index in [0.29, 0.717) is 29.9 Å². The standard InChI is InChI=1S/C28H34N4O4S/c1-5-19-7-10-22(11-8-19)37(35,36)31-25-23-17-21(9-12-24(23)30-28(3,4)26(25)33)27(34)32(6-2)18-20-13-15-29-16-14-20/h7-17,25-26,30-31,33H,5-6,18H2,1-4H3/t25-,26+/m1/s1. The van der Waals surface area contributed by atoms with Gasteiger partial charge in [-0.15, -0.1) is 0 Å². The van der Waals surface area contributed by atoms with Gasteiger partial charge in [0.1, 0.15) is 0 Å². The number of amides is 1. The van der Waals surface area contributed by atoms with Gasteiger partial charge in [-0.3, -0.25) is 9.78 Å². The van der Waals surface area contributed by atoms with Gasteiger partial charge in [0.25, 0.3) is 5.91 Å². The van der Waals surface area contributed by atoms with E-state index >= 15 is 0 Å². The van der Waals surface area contributed by atoms with Crippen LogP contribution in [0, 0.1) is 0 Å². The highest BCUT2D eigenvalue weighted by atomic mass is 32.2. The maximum Gasteiger partial charge on any atom is 0.254 e. The lowest BCUT2D eigenvalue weighted by Gasteiger charge is -2.43. The summed E-state index contributed by atoms with van der Waals surface area (Å²) in [6.45, 7) is 8.45. The molecule has 0 radical (unpaired) electrons. The Morgan fingerprint density at radius 2 is 1.73 bits per heavy atom. The smallest absolute Gasteiger partial charge is 0.254 e. The Morgan fingerprint density at radius 3 is 2.35 bits per heavy atom. The first-order valence-corrected chi connectivity index (χ1v) is 13.9. The number of anilines is 1. The van der Waals surface area contributed by atoms with Gasteiger partial charge in [0, 0.05) is 36.7 Å². The first-order chi connectivity index (χ1) is 17.6. The molecule has 3 aromatic rings. The molecule has 0 bridgehead atoms. The predicted molar refractivity (Wildman–Crippen MR) is 144 cm³/mol. The van der Waals surface area contributed by atoms with E-state index in [0.717, 1.165) is 17.5 Å². The molecular weight excluding hydrogens is 488 g/mol. The van der Waals surface area contributed by atoms with Crippen molar-refractivity contribution in [2.45, 2.75) is 63.2 Å². The van der Waals surface area contributed by atoms with Crippen LogP contribution in [0.3, 0.4) is 0 Å². The van der Waals surface area contributed by atoms with Gasteiger partial charge in [0.2, 0.25) is 10.0 Å². The number of nitrogens with zero attached hydrogens (tertiary/aromatic N) is 2. The summed E-state index contributed by atoms with van der Waals surface area (Å²) in [6, 6.07) is 14.6. The van der Waals surface area contributed by atoms with Gasteiger partial charge < -0.3 is 15.3 Å². The van der Waals surface area contributed by atoms with E-state index in [1.54, 1.807) is 59.8 Å². The minimum absolute atomic E-state index is 0.122. The van der Waals surface area contributed by atoms with Gasteiger partial charge >= 0.3 is 0 Å². The van der Waals surface area contributed by atoms with E-state index in [4.69, 9.17) is 0 Å². The molecule has 4 rings (SSSR count). The number of aromatic nitrogens is 1. The number of hydrogen-bond acceptors (Lipinski definition) is 6. The summed E-state index contributed by atoms with van der Waals surface area (Å²) >= 11 is 0. The van der Waals surface area contributed by atoms with Gasteiger partial charge in [0.15, 0.2) is 0 Å². The van der Waals surface area contributed by atoms with Crippen molar-refractivity contribution in [2.75, 3.05) is 11.9 Å². The van der Waals surface area contributed by atoms with Gasteiger partial charge in [-0.05, 0) is 86.3 Å². The Balaban J connectivity index is 1.68. The highest BCUT2D eigenvalue weighted by Crippen LogP contribution is 2.39. The molecule has 196 valence electrons. The third-order valence-corrected chi connectivity index (χ3v) is 8.32. The molecule has 1 amide bonds. The Kier molecular flexibility index (Phi) is 7.68. The van der Waals surface area contributed by atoms with E-state index in [2.05, 4.69) is 15.0 Å². The molecule has 1 aliphatic heterocycles. The zero-order chi connectivity index (χ0) is 26.8. The van der Waals surface area contributed by atoms with E-state index in [1.165, 1.54) is 0 Å². The molecule has 3 N–H and O–H groups in total. The number of carbonyl (C=O) groups excluding carboxylic acids is 1. The van der Waals surface area contributed by atoms with Crippen LogP contribution in [0.5, 0.6) is 0 Å². The molecule has 2 aromatic carbocycles. The molecule has 37 heavy (non-hydrogen) atoms. The van der Waals surface area contributed by atoms with Crippen LogP contribution in [-0.2, 0) is 23.0 Å². The van der Waals surface area contributed by atoms with Crippen molar-refractivity contribution < 1.29 is 18.3 Å². The molecule has 2 heterocycles. The van der Waals surface area contributed by atoms with Crippen molar-refractivity contribution in [3.63, 3.8) is 0 Å². The lowest BCUT2D eigenvalue weighted by molar-refractivity contribution is 0.0741. The number of benzene rings is 2. The summed E-state index contributed by atoms with van der Waals surface area (Å²) < 4.78 is 29.4. The van der Waals surface area contributed by atoms with Gasteiger partial charge in [-0.2, -0.15) is 0 Å². The number of aliphatic hydroxyl groups excluding tert-OH is 1. The van der Waals surface area contributed by atoms with Gasteiger partial charge in [-0.25, -0.2) is 13.1 Å². The minimum atomic E-state index is -3.94. The van der Waals surface area contributed by atoms with Crippen LogP contribution in [0.1, 0.15) is 60.8 Å². The summed E-state index contributed by atoms with van der Waals surface area (Å²) in [7, 11) is -3.94. The number of rotatable bonds is 8. The number of pyridine rings is 1. The lowest BCUT2D eigenvalue weighted by Crippen LogP contribution is -2.54. The van der Waals surface area contributed by atoms with Crippen molar-refractivity contribution >= 4 is 21.6 Å². The van der Waals surface area contributed by atoms with Crippen molar-refractivity contribution in [1.29, 1.82) is 0 Å². The molecule has 0 unspecified atom stereocenters. The average Bonchev–Trinajstić information content (AvgIpc) is 2.89. The fourth-order valence-electron chi connectivity index (χ4n) is 4.56. The third-order valence-electron chi connectivity index (χ3n) is 6.86. The summed E-state index contributed by atoms with van der Waals surface area (Å²) in [5.41, 5.74) is 2.78. The van der Waals surface area contributed by atoms with E-state index in [9.17, 15) is 18.3 Å². The second-order valence-electron chi connectivity index (χ2n) is 9.86. The zero-order valence-electron chi connectivity index (χ0n) is 21.6. The van der Waals surface area contributed by atoms with Crippen LogP contribution in [-0.4, -0.2) is 47.5 Å². The number of hydrogen-bond donors (Lipinski definition) is 3. The van der Waals surface area contributed by atoms with Crippen LogP contribution in [0.2, 0.25) is 0 Å². The molecule has 0 spiro atoms. The number of nitrogens with one attached hydrogen (secondary N) is 2. The number of aliphatic hydroxyl groups is 1. The third kappa shape index (κ3) is 5.69. The Bertz CT molecular complexity index is 1360. The second-order valence-corrected chi connectivity index (χ2v) is 11.6. The molecule has 2 atom stereocenters. The molecule has 8 nitrogen and oxygen atoms in total. The average molecular weight is 523 g/mol. The molecule has 0 fully saturated rings. The number of sulfonamides is 1. The van der Waals surface area contributed by atoms with E-state index in [1.807, 2.05) is 39.8 Å². The van der Waals surface area contributed by atoms with Gasteiger partial charge in [0.05, 0.1) is 22.6 Å². The van der Waals surface area contributed by atoms with Crippen LogP contribution in [0.25, 0.3) is 0 Å². The first-order valence-electron chi connectivity index (χ1n) is 12.5. The SMILES string of the molecule is CCc1ccc(S(=O)(=O)N[C@@H]2c3cc(C(=O)N(CC)Cc4ccncc4)ccc3NC(C)(C)[C@H]2O)cc1. The number of aryl methyl sites for hydroxylation is 1. The zero-order valence-corrected chi connectivity index (χ0v) is 22.4. The fourth-order valence-corrected chi connectivity index (χ4v) is 5.78. The summed E-state index contributed by atoms with van der Waals surface area (Å²) in [5, 5.41) is 14.5. The Morgan fingerprint density at radius 1 is 1.05 bits per heavy atom. The van der Waals surface area contributed by atoms with Gasteiger partial charge in [-0.1, -0.05) is 19.1 Å². The van der Waals surface area contributed by atoms with Crippen molar-refractivity contribution in [1.82, 2.24) is 14.6 Å². The molecule has 9 heteroatoms. The second kappa shape index (κ2) is 10.6. The molecule has 0 saturated carbocycles. The topological polar surface area (TPSA) is 112 Å². The van der Waals surface area contributed by atoms with E-state index in [-0.39, 0.29) is 10.8 Å². The maximum absolute atomic E-state index is 13.4. The summed E-state index contributed by atoms with van der Waals surface area (Å²) in [5.74, 6) is -0.182. The number of carbonyl (C=O) groups is 1. The molecular formula is C28H34N4O4S. The largest absolute Gasteiger partial charge is 0.389 e.